The molecule has 0 aliphatic heterocycles. The van der Waals surface area contributed by atoms with E-state index in [4.69, 9.17) is 9.47 Å². The van der Waals surface area contributed by atoms with Crippen molar-refractivity contribution in [3.8, 4) is 22.6 Å². The summed E-state index contributed by atoms with van der Waals surface area (Å²) in [6.07, 6.45) is 6.28. The van der Waals surface area contributed by atoms with E-state index in [1.54, 1.807) is 18.9 Å². The Balaban J connectivity index is 1.78. The number of aliphatic hydroxyl groups is 1. The number of methoxy groups -OCH3 is 2. The lowest BCUT2D eigenvalue weighted by Crippen LogP contribution is -2.05. The normalized spacial score (nSPS) is 12.1. The fourth-order valence-corrected chi connectivity index (χ4v) is 3.78. The molecule has 6 nitrogen and oxygen atoms in total. The summed E-state index contributed by atoms with van der Waals surface area (Å²) in [7, 11) is 5.18. The highest BCUT2D eigenvalue weighted by Gasteiger charge is 2.17. The zero-order valence-electron chi connectivity index (χ0n) is 17.4. The number of aryl methyl sites for hydroxylation is 1. The molecule has 4 rings (SSSR count). The predicted molar refractivity (Wildman–Crippen MR) is 117 cm³/mol. The van der Waals surface area contributed by atoms with Gasteiger partial charge in [0.15, 0.2) is 0 Å². The molecule has 0 aliphatic carbocycles. The van der Waals surface area contributed by atoms with Gasteiger partial charge in [0.25, 0.3) is 0 Å². The number of benzene rings is 2. The van der Waals surface area contributed by atoms with E-state index in [2.05, 4.69) is 28.3 Å². The fraction of sp³-hybridized carbons (Fsp3) is 0.250. The van der Waals surface area contributed by atoms with Crippen molar-refractivity contribution in [2.45, 2.75) is 12.3 Å². The average Bonchev–Trinajstić information content (AvgIpc) is 3.22. The minimum atomic E-state index is 0.00504. The van der Waals surface area contributed by atoms with E-state index < -0.39 is 0 Å². The van der Waals surface area contributed by atoms with Crippen molar-refractivity contribution < 1.29 is 14.6 Å². The first kappa shape index (κ1) is 19.9. The highest BCUT2D eigenvalue weighted by molar-refractivity contribution is 5.84. The van der Waals surface area contributed by atoms with Crippen LogP contribution in [0.4, 0.5) is 0 Å². The van der Waals surface area contributed by atoms with Gasteiger partial charge in [-0.2, -0.15) is 5.10 Å². The highest BCUT2D eigenvalue weighted by atomic mass is 16.5. The smallest absolute Gasteiger partial charge is 0.122 e. The number of rotatable bonds is 7. The lowest BCUT2D eigenvalue weighted by Gasteiger charge is -2.19. The third-order valence-electron chi connectivity index (χ3n) is 5.34. The van der Waals surface area contributed by atoms with Crippen LogP contribution in [0.5, 0.6) is 11.5 Å². The van der Waals surface area contributed by atoms with Crippen molar-refractivity contribution in [2.75, 3.05) is 20.8 Å². The Morgan fingerprint density at radius 1 is 0.933 bits per heavy atom. The Bertz CT molecular complexity index is 1150. The molecule has 0 aliphatic rings. The molecule has 0 radical (unpaired) electrons. The lowest BCUT2D eigenvalue weighted by atomic mass is 9.87. The zero-order chi connectivity index (χ0) is 21.1. The van der Waals surface area contributed by atoms with Gasteiger partial charge in [-0.25, -0.2) is 0 Å². The van der Waals surface area contributed by atoms with Gasteiger partial charge in [0.05, 0.1) is 25.9 Å². The summed E-state index contributed by atoms with van der Waals surface area (Å²) in [6, 6.07) is 14.2. The maximum absolute atomic E-state index is 9.74. The van der Waals surface area contributed by atoms with Gasteiger partial charge < -0.3 is 14.6 Å². The van der Waals surface area contributed by atoms with Gasteiger partial charge >= 0.3 is 0 Å². The van der Waals surface area contributed by atoms with Crippen LogP contribution in [0.25, 0.3) is 22.0 Å². The van der Waals surface area contributed by atoms with Crippen LogP contribution in [-0.4, -0.2) is 40.7 Å². The van der Waals surface area contributed by atoms with Gasteiger partial charge in [-0.15, -0.1) is 0 Å². The molecule has 0 saturated heterocycles. The van der Waals surface area contributed by atoms with E-state index in [0.717, 1.165) is 44.7 Å². The van der Waals surface area contributed by atoms with Crippen LogP contribution >= 0.6 is 0 Å². The van der Waals surface area contributed by atoms with Gasteiger partial charge in [-0.05, 0) is 47.9 Å². The number of pyridine rings is 1. The summed E-state index contributed by atoms with van der Waals surface area (Å²) in [5, 5.41) is 15.0. The van der Waals surface area contributed by atoms with E-state index in [0.29, 0.717) is 6.42 Å². The molecule has 0 fully saturated rings. The van der Waals surface area contributed by atoms with E-state index >= 15 is 0 Å². The molecule has 1 atom stereocenters. The second-order valence-electron chi connectivity index (χ2n) is 7.29. The van der Waals surface area contributed by atoms with Crippen molar-refractivity contribution in [3.63, 3.8) is 0 Å². The maximum atomic E-state index is 9.74. The fourth-order valence-electron chi connectivity index (χ4n) is 3.78. The molecule has 30 heavy (non-hydrogen) atoms. The summed E-state index contributed by atoms with van der Waals surface area (Å²) in [5.74, 6) is 1.47. The van der Waals surface area contributed by atoms with Gasteiger partial charge in [-0.3, -0.25) is 9.67 Å². The van der Waals surface area contributed by atoms with E-state index in [1.165, 1.54) is 0 Å². The number of hydrogen-bond acceptors (Lipinski definition) is 5. The molecule has 0 amide bonds. The van der Waals surface area contributed by atoms with Crippen molar-refractivity contribution >= 4 is 10.9 Å². The first-order valence-electron chi connectivity index (χ1n) is 9.84. The van der Waals surface area contributed by atoms with Crippen LogP contribution in [-0.2, 0) is 7.05 Å². The minimum Gasteiger partial charge on any atom is -0.497 e. The molecule has 1 unspecified atom stereocenters. The molecule has 2 heterocycles. The molecule has 6 heteroatoms. The van der Waals surface area contributed by atoms with Crippen LogP contribution in [0.2, 0.25) is 0 Å². The Kier molecular flexibility index (Phi) is 5.68. The number of hydrogen-bond donors (Lipinski definition) is 1. The first-order valence-corrected chi connectivity index (χ1v) is 9.84. The Morgan fingerprint density at radius 3 is 2.33 bits per heavy atom. The zero-order valence-corrected chi connectivity index (χ0v) is 17.4. The molecule has 4 aromatic rings. The van der Waals surface area contributed by atoms with E-state index in [-0.39, 0.29) is 12.5 Å². The van der Waals surface area contributed by atoms with Crippen LogP contribution < -0.4 is 9.47 Å². The third kappa shape index (κ3) is 4.00. The van der Waals surface area contributed by atoms with Crippen molar-refractivity contribution in [2.24, 2.45) is 7.05 Å². The minimum absolute atomic E-state index is 0.00504. The van der Waals surface area contributed by atoms with E-state index in [1.807, 2.05) is 49.9 Å². The van der Waals surface area contributed by atoms with Crippen LogP contribution in [0.3, 0.4) is 0 Å². The number of aromatic nitrogens is 3. The number of ether oxygens (including phenoxy) is 2. The number of fused-ring (bicyclic) bond motifs is 1. The highest BCUT2D eigenvalue weighted by Crippen LogP contribution is 2.35. The van der Waals surface area contributed by atoms with Crippen molar-refractivity contribution in [1.29, 1.82) is 0 Å². The molecule has 0 spiro atoms. The first-order chi connectivity index (χ1) is 14.6. The SMILES string of the molecule is COc1cc(OC)cc(C(CCO)c2ccc3ncc(-c4cnn(C)c4)cc3c2)c1. The molecule has 0 saturated carbocycles. The largest absolute Gasteiger partial charge is 0.497 e. The quantitative estimate of drug-likeness (QED) is 0.502. The molecular weight excluding hydrogens is 378 g/mol. The summed E-state index contributed by atoms with van der Waals surface area (Å²) in [6.45, 7) is 0.0796. The predicted octanol–water partition coefficient (Wildman–Crippen LogP) is 4.17. The lowest BCUT2D eigenvalue weighted by molar-refractivity contribution is 0.281. The summed E-state index contributed by atoms with van der Waals surface area (Å²) in [4.78, 5) is 4.61. The summed E-state index contributed by atoms with van der Waals surface area (Å²) >= 11 is 0. The van der Waals surface area contributed by atoms with Gasteiger partial charge in [0.2, 0.25) is 0 Å². The van der Waals surface area contributed by atoms with E-state index in [9.17, 15) is 5.11 Å². The van der Waals surface area contributed by atoms with Gasteiger partial charge in [-0.1, -0.05) is 6.07 Å². The third-order valence-corrected chi connectivity index (χ3v) is 5.34. The molecular formula is C24H25N3O3. The van der Waals surface area contributed by atoms with Gasteiger partial charge in [0, 0.05) is 54.5 Å². The van der Waals surface area contributed by atoms with Crippen LogP contribution in [0.15, 0.2) is 61.1 Å². The summed E-state index contributed by atoms with van der Waals surface area (Å²) in [5.41, 5.74) is 5.13. The molecule has 1 N–H and O–H groups in total. The average molecular weight is 403 g/mol. The molecule has 154 valence electrons. The van der Waals surface area contributed by atoms with Crippen molar-refractivity contribution in [1.82, 2.24) is 14.8 Å². The van der Waals surface area contributed by atoms with Gasteiger partial charge in [0.1, 0.15) is 11.5 Å². The maximum Gasteiger partial charge on any atom is 0.122 e. The van der Waals surface area contributed by atoms with Crippen molar-refractivity contribution in [3.05, 3.63) is 72.2 Å². The Labute approximate surface area is 175 Å². The number of aliphatic hydroxyl groups excluding tert-OH is 1. The second kappa shape index (κ2) is 8.55. The Hall–Kier alpha value is -3.38. The number of nitrogens with zero attached hydrogens (tertiary/aromatic N) is 3. The second-order valence-corrected chi connectivity index (χ2v) is 7.29. The van der Waals surface area contributed by atoms with Crippen LogP contribution in [0, 0.1) is 0 Å². The Morgan fingerprint density at radius 2 is 1.70 bits per heavy atom. The standard InChI is InChI=1S/C24H25N3O3/c1-27-15-20(14-26-27)19-9-18-8-16(4-5-24(18)25-13-19)23(6-7-28)17-10-21(29-2)12-22(11-17)30-3/h4-5,8-15,23,28H,6-7H2,1-3H3. The summed E-state index contributed by atoms with van der Waals surface area (Å²) < 4.78 is 12.7. The topological polar surface area (TPSA) is 69.4 Å². The molecule has 2 aromatic heterocycles. The van der Waals surface area contributed by atoms with Crippen LogP contribution in [0.1, 0.15) is 23.5 Å². The molecule has 2 aromatic carbocycles. The molecule has 0 bridgehead atoms. The monoisotopic (exact) mass is 403 g/mol.